The van der Waals surface area contributed by atoms with E-state index in [4.69, 9.17) is 16.0 Å². The number of carbonyl (C=O) groups is 2. The molecular weight excluding hydrogens is 393 g/mol. The van der Waals surface area contributed by atoms with E-state index in [0.29, 0.717) is 5.02 Å². The van der Waals surface area contributed by atoms with E-state index in [1.165, 1.54) is 24.3 Å². The fourth-order valence-electron chi connectivity index (χ4n) is 2.47. The predicted octanol–water partition coefficient (Wildman–Crippen LogP) is 3.86. The van der Waals surface area contributed by atoms with Gasteiger partial charge in [0.15, 0.2) is 5.69 Å². The highest BCUT2D eigenvalue weighted by Crippen LogP contribution is 2.39. The molecule has 0 N–H and O–H groups in total. The van der Waals surface area contributed by atoms with Gasteiger partial charge in [-0.15, -0.1) is 0 Å². The predicted molar refractivity (Wildman–Crippen MR) is 86.0 cm³/mol. The Balaban J connectivity index is 2.43. The minimum Gasteiger partial charge on any atom is -0.465 e. The van der Waals surface area contributed by atoms with Crippen LogP contribution >= 0.6 is 11.6 Å². The molecule has 0 spiro atoms. The highest BCUT2D eigenvalue weighted by atomic mass is 35.5. The number of methoxy groups -OCH3 is 2. The lowest BCUT2D eigenvalue weighted by Gasteiger charge is -2.05. The zero-order valence-corrected chi connectivity index (χ0v) is 14.5. The molecule has 0 radical (unpaired) electrons. The average molecular weight is 403 g/mol. The molecule has 27 heavy (non-hydrogen) atoms. The molecule has 0 amide bonds. The van der Waals surface area contributed by atoms with E-state index in [1.807, 2.05) is 0 Å². The van der Waals surface area contributed by atoms with Gasteiger partial charge in [-0.3, -0.25) is 0 Å². The number of alkyl halides is 3. The van der Waals surface area contributed by atoms with Crippen LogP contribution < -0.4 is 0 Å². The second kappa shape index (κ2) is 6.62. The van der Waals surface area contributed by atoms with Crippen LogP contribution in [0.1, 0.15) is 26.6 Å². The molecule has 3 rings (SSSR count). The molecule has 11 heteroatoms. The van der Waals surface area contributed by atoms with Gasteiger partial charge in [0.1, 0.15) is 5.56 Å². The molecule has 0 fully saturated rings. The van der Waals surface area contributed by atoms with Crippen molar-refractivity contribution in [1.82, 2.24) is 9.78 Å². The van der Waals surface area contributed by atoms with E-state index < -0.39 is 46.2 Å². The molecule has 2 aromatic heterocycles. The molecule has 0 bridgehead atoms. The van der Waals surface area contributed by atoms with Crippen molar-refractivity contribution in [3.63, 3.8) is 0 Å². The smallest absolute Gasteiger partial charge is 0.435 e. The Hall–Kier alpha value is -3.01. The Labute approximate surface area is 154 Å². The Bertz CT molecular complexity index is 1040. The third kappa shape index (κ3) is 3.12. The molecule has 2 heterocycles. The molecule has 0 saturated carbocycles. The van der Waals surface area contributed by atoms with Crippen molar-refractivity contribution in [2.24, 2.45) is 0 Å². The number of benzene rings is 1. The Morgan fingerprint density at radius 2 is 1.70 bits per heavy atom. The van der Waals surface area contributed by atoms with Gasteiger partial charge in [-0.2, -0.15) is 23.0 Å². The van der Waals surface area contributed by atoms with Crippen molar-refractivity contribution in [2.45, 2.75) is 6.18 Å². The van der Waals surface area contributed by atoms with Crippen LogP contribution in [-0.4, -0.2) is 35.9 Å². The number of furan rings is 1. The van der Waals surface area contributed by atoms with Gasteiger partial charge in [-0.25, -0.2) is 9.59 Å². The average Bonchev–Trinajstić information content (AvgIpc) is 3.18. The topological polar surface area (TPSA) is 83.6 Å². The largest absolute Gasteiger partial charge is 0.465 e. The third-order valence-corrected chi connectivity index (χ3v) is 3.87. The summed E-state index contributed by atoms with van der Waals surface area (Å²) in [5.41, 5.74) is -2.43. The number of hydrogen-bond donors (Lipinski definition) is 0. The summed E-state index contributed by atoms with van der Waals surface area (Å²) >= 11 is 5.79. The maximum absolute atomic E-state index is 13.5. The summed E-state index contributed by atoms with van der Waals surface area (Å²) in [4.78, 5) is 24.0. The summed E-state index contributed by atoms with van der Waals surface area (Å²) in [6, 6.07) is 5.66. The number of aromatic nitrogens is 2. The van der Waals surface area contributed by atoms with Crippen LogP contribution in [-0.2, 0) is 15.7 Å². The molecule has 7 nitrogen and oxygen atoms in total. The van der Waals surface area contributed by atoms with Crippen LogP contribution in [0.5, 0.6) is 0 Å². The molecule has 0 aliphatic heterocycles. The molecular formula is C16H10ClF3N2O5. The van der Waals surface area contributed by atoms with Crippen molar-refractivity contribution in [1.29, 1.82) is 0 Å². The van der Waals surface area contributed by atoms with Crippen molar-refractivity contribution < 1.29 is 36.7 Å². The molecule has 1 aromatic carbocycles. The van der Waals surface area contributed by atoms with Crippen LogP contribution in [0.3, 0.4) is 0 Å². The van der Waals surface area contributed by atoms with Gasteiger partial charge < -0.3 is 13.9 Å². The SMILES string of the molecule is COC(=O)c1oc2c(c(C(F)(F)F)nn2-c2ccc(Cl)cc2)c1C(=O)OC. The van der Waals surface area contributed by atoms with E-state index in [2.05, 4.69) is 14.6 Å². The zero-order chi connectivity index (χ0) is 19.9. The van der Waals surface area contributed by atoms with Crippen molar-refractivity contribution in [3.05, 3.63) is 46.3 Å². The quantitative estimate of drug-likeness (QED) is 0.618. The van der Waals surface area contributed by atoms with Crippen LogP contribution in [0.4, 0.5) is 13.2 Å². The van der Waals surface area contributed by atoms with Gasteiger partial charge in [0, 0.05) is 5.02 Å². The summed E-state index contributed by atoms with van der Waals surface area (Å²) in [6.45, 7) is 0. The second-order valence-corrected chi connectivity index (χ2v) is 5.64. The molecule has 3 aromatic rings. The van der Waals surface area contributed by atoms with Gasteiger partial charge in [-0.05, 0) is 24.3 Å². The number of carbonyl (C=O) groups excluding carboxylic acids is 2. The van der Waals surface area contributed by atoms with E-state index in [1.54, 1.807) is 0 Å². The molecule has 0 unspecified atom stereocenters. The first-order chi connectivity index (χ1) is 12.7. The van der Waals surface area contributed by atoms with Crippen LogP contribution in [0, 0.1) is 0 Å². The number of hydrogen-bond acceptors (Lipinski definition) is 6. The molecule has 0 aliphatic carbocycles. The first-order valence-electron chi connectivity index (χ1n) is 7.24. The molecule has 0 atom stereocenters. The van der Waals surface area contributed by atoms with Gasteiger partial charge in [0.05, 0.1) is 25.3 Å². The summed E-state index contributed by atoms with van der Waals surface area (Å²) < 4.78 is 55.7. The molecule has 0 saturated heterocycles. The first kappa shape index (κ1) is 18.8. The number of halogens is 4. The summed E-state index contributed by atoms with van der Waals surface area (Å²) in [6.07, 6.45) is -4.93. The number of rotatable bonds is 3. The Morgan fingerprint density at radius 1 is 1.11 bits per heavy atom. The second-order valence-electron chi connectivity index (χ2n) is 5.20. The lowest BCUT2D eigenvalue weighted by Crippen LogP contribution is -2.13. The lowest BCUT2D eigenvalue weighted by atomic mass is 10.1. The van der Waals surface area contributed by atoms with Gasteiger partial charge in [0.25, 0.3) is 0 Å². The fraction of sp³-hybridized carbons (Fsp3) is 0.188. The summed E-state index contributed by atoms with van der Waals surface area (Å²) in [5, 5.41) is 3.17. The van der Waals surface area contributed by atoms with E-state index in [0.717, 1.165) is 18.9 Å². The minimum atomic E-state index is -4.93. The lowest BCUT2D eigenvalue weighted by molar-refractivity contribution is -0.140. The van der Waals surface area contributed by atoms with Crippen molar-refractivity contribution >= 4 is 34.6 Å². The fourth-order valence-corrected chi connectivity index (χ4v) is 2.60. The van der Waals surface area contributed by atoms with Crippen LogP contribution in [0.15, 0.2) is 28.7 Å². The van der Waals surface area contributed by atoms with E-state index in [-0.39, 0.29) is 5.69 Å². The Kier molecular flexibility index (Phi) is 4.60. The zero-order valence-electron chi connectivity index (χ0n) is 13.8. The van der Waals surface area contributed by atoms with Crippen molar-refractivity contribution in [2.75, 3.05) is 14.2 Å². The van der Waals surface area contributed by atoms with Crippen molar-refractivity contribution in [3.8, 4) is 5.69 Å². The highest BCUT2D eigenvalue weighted by Gasteiger charge is 2.43. The normalized spacial score (nSPS) is 11.6. The maximum atomic E-state index is 13.5. The molecule has 142 valence electrons. The monoisotopic (exact) mass is 402 g/mol. The third-order valence-electron chi connectivity index (χ3n) is 3.62. The number of ether oxygens (including phenoxy) is 2. The van der Waals surface area contributed by atoms with Gasteiger partial charge >= 0.3 is 18.1 Å². The first-order valence-corrected chi connectivity index (χ1v) is 7.62. The Morgan fingerprint density at radius 3 is 2.22 bits per heavy atom. The van der Waals surface area contributed by atoms with Crippen LogP contribution in [0.2, 0.25) is 5.02 Å². The van der Waals surface area contributed by atoms with Gasteiger partial charge in [0.2, 0.25) is 11.5 Å². The standard InChI is InChI=1S/C16H10ClF3N2O5/c1-25-14(23)9-10-12(16(18,19)20)21-22(8-5-3-7(17)4-6-8)13(10)27-11(9)15(24)26-2/h3-6H,1-2H3. The number of fused-ring (bicyclic) bond motifs is 1. The highest BCUT2D eigenvalue weighted by molar-refractivity contribution is 6.30. The summed E-state index contributed by atoms with van der Waals surface area (Å²) in [7, 11) is 1.95. The van der Waals surface area contributed by atoms with Gasteiger partial charge in [-0.1, -0.05) is 11.6 Å². The van der Waals surface area contributed by atoms with E-state index >= 15 is 0 Å². The molecule has 0 aliphatic rings. The minimum absolute atomic E-state index is 0.168. The number of nitrogens with zero attached hydrogens (tertiary/aromatic N) is 2. The van der Waals surface area contributed by atoms with E-state index in [9.17, 15) is 22.8 Å². The summed E-state index contributed by atoms with van der Waals surface area (Å²) in [5.74, 6) is -3.05. The maximum Gasteiger partial charge on any atom is 0.435 e. The van der Waals surface area contributed by atoms with Crippen LogP contribution in [0.25, 0.3) is 16.8 Å². The number of esters is 2.